The quantitative estimate of drug-likeness (QED) is 0.268. The second kappa shape index (κ2) is 15.3. The summed E-state index contributed by atoms with van der Waals surface area (Å²) in [7, 11) is 0. The number of para-hydroxylation sites is 1. The Morgan fingerprint density at radius 1 is 0.833 bits per heavy atom. The third kappa shape index (κ3) is 7.55. The molecular weight excluding hydrogens is 373 g/mol. The zero-order valence-electron chi connectivity index (χ0n) is 14.0. The first-order valence-corrected chi connectivity index (χ1v) is 7.43. The molecule has 1 nitrogen and oxygen atoms in total. The van der Waals surface area contributed by atoms with Crippen LogP contribution in [-0.4, -0.2) is 9.80 Å². The molecule has 0 fully saturated rings. The minimum absolute atomic E-state index is 0. The van der Waals surface area contributed by atoms with Gasteiger partial charge in [0, 0.05) is 0 Å². The molecule has 0 saturated carbocycles. The average molecular weight is 396 g/mol. The van der Waals surface area contributed by atoms with Gasteiger partial charge < -0.3 is 19.8 Å². The Morgan fingerprint density at radius 3 is 2.04 bits per heavy atom. The molecule has 0 bridgehead atoms. The zero-order valence-corrected chi connectivity index (χ0v) is 17.1. The SMILES string of the molecule is Cl.Cl.[CH2]=[Ti].[CH3-].[CH3-].[c-]1cc2ccccc2[nH]1.c1ccc2[cH-]ccc2c1. The molecule has 4 rings (SSSR count). The topological polar surface area (TPSA) is 15.8 Å². The Hall–Kier alpha value is -1.25. The van der Waals surface area contributed by atoms with Crippen LogP contribution in [0.3, 0.4) is 0 Å². The standard InChI is InChI=1S/C9H7.C8H6N.2CH3.CH2.2ClH.Ti/c1-2-5-9-7-3-6-8(9)4-1;1-2-4-8-7(3-1)5-6-9-8;;;;;;/h1-7H;1-5,9H;2*1H3;1H2;2*1H;/q4*-1;;;;. The van der Waals surface area contributed by atoms with E-state index in [1.165, 1.54) is 16.2 Å². The molecule has 0 radical (unpaired) electrons. The molecule has 0 saturated heterocycles. The third-order valence-corrected chi connectivity index (χ3v) is 2.94. The van der Waals surface area contributed by atoms with Crippen molar-refractivity contribution in [1.29, 1.82) is 0 Å². The number of hydrogen-bond acceptors (Lipinski definition) is 0. The maximum atomic E-state index is 3.25. The van der Waals surface area contributed by atoms with Gasteiger partial charge in [-0.3, -0.25) is 0 Å². The van der Waals surface area contributed by atoms with Crippen LogP contribution < -0.4 is 0 Å². The molecule has 4 aromatic rings. The van der Waals surface area contributed by atoms with E-state index >= 15 is 0 Å². The largest absolute Gasteiger partial charge is 0.477 e. The summed E-state index contributed by atoms with van der Waals surface area (Å²) in [6.45, 7) is 0. The number of rotatable bonds is 0. The van der Waals surface area contributed by atoms with Gasteiger partial charge in [-0.2, -0.15) is 29.0 Å². The number of hydrogen-bond donors (Lipinski definition) is 1. The van der Waals surface area contributed by atoms with E-state index < -0.39 is 0 Å². The first-order valence-electron chi connectivity index (χ1n) is 6.33. The van der Waals surface area contributed by atoms with Crippen molar-refractivity contribution in [3.63, 3.8) is 0 Å². The number of halogens is 2. The Balaban J connectivity index is -0.000000290. The van der Waals surface area contributed by atoms with Crippen LogP contribution in [0.5, 0.6) is 0 Å². The summed E-state index contributed by atoms with van der Waals surface area (Å²) >= 11 is 1.75. The van der Waals surface area contributed by atoms with Crippen molar-refractivity contribution in [1.82, 2.24) is 4.98 Å². The number of H-pyrrole nitrogens is 1. The zero-order chi connectivity index (χ0) is 14.2. The summed E-state index contributed by atoms with van der Waals surface area (Å²) in [4.78, 5) is 6.24. The van der Waals surface area contributed by atoms with Crippen LogP contribution in [0.2, 0.25) is 0 Å². The number of benzene rings is 2. The van der Waals surface area contributed by atoms with Crippen molar-refractivity contribution in [2.24, 2.45) is 0 Å². The molecule has 1 N–H and O–H groups in total. The van der Waals surface area contributed by atoms with Gasteiger partial charge in [0.15, 0.2) is 0 Å². The van der Waals surface area contributed by atoms with Crippen molar-refractivity contribution in [2.45, 2.75) is 0 Å². The van der Waals surface area contributed by atoms with E-state index in [2.05, 4.69) is 64.5 Å². The van der Waals surface area contributed by atoms with Crippen LogP contribution >= 0.6 is 24.8 Å². The number of aromatic nitrogens is 1. The molecule has 1 aromatic heterocycles. The molecule has 1 heterocycles. The number of aromatic amines is 1. The van der Waals surface area contributed by atoms with Gasteiger partial charge in [-0.25, -0.2) is 0 Å². The average Bonchev–Trinajstić information content (AvgIpc) is 3.18. The van der Waals surface area contributed by atoms with Crippen LogP contribution in [0, 0.1) is 21.1 Å². The molecular formula is C20H23Cl2NTi-4. The van der Waals surface area contributed by atoms with Crippen LogP contribution in [0.15, 0.2) is 72.8 Å². The Morgan fingerprint density at radius 2 is 1.42 bits per heavy atom. The van der Waals surface area contributed by atoms with E-state index in [1.807, 2.05) is 24.3 Å². The maximum Gasteiger partial charge on any atom is -0.0745 e. The predicted octanol–water partition coefficient (Wildman–Crippen LogP) is 6.24. The fourth-order valence-corrected chi connectivity index (χ4v) is 2.00. The van der Waals surface area contributed by atoms with E-state index in [0.717, 1.165) is 5.52 Å². The minimum Gasteiger partial charge on any atom is -0.477 e. The van der Waals surface area contributed by atoms with Crippen molar-refractivity contribution < 1.29 is 20.0 Å². The number of fused-ring (bicyclic) bond motifs is 2. The number of nitrogens with one attached hydrogen (secondary N) is 1. The molecule has 130 valence electrons. The van der Waals surface area contributed by atoms with Gasteiger partial charge in [0.2, 0.25) is 0 Å². The van der Waals surface area contributed by atoms with Gasteiger partial charge >= 0.3 is 24.8 Å². The second-order valence-electron chi connectivity index (χ2n) is 4.16. The molecule has 0 unspecified atom stereocenters. The van der Waals surface area contributed by atoms with E-state index in [1.54, 1.807) is 20.0 Å². The van der Waals surface area contributed by atoms with E-state index in [9.17, 15) is 0 Å². The smallest absolute Gasteiger partial charge is 0.0745 e. The summed E-state index contributed by atoms with van der Waals surface area (Å²) < 4.78 is 0. The van der Waals surface area contributed by atoms with Crippen molar-refractivity contribution in [3.05, 3.63) is 93.8 Å². The summed E-state index contributed by atoms with van der Waals surface area (Å²) in [5, 5.41) is 3.88. The second-order valence-corrected chi connectivity index (χ2v) is 4.16. The van der Waals surface area contributed by atoms with E-state index in [-0.39, 0.29) is 39.7 Å². The van der Waals surface area contributed by atoms with Crippen molar-refractivity contribution >= 4 is 51.3 Å². The van der Waals surface area contributed by atoms with Crippen molar-refractivity contribution in [3.8, 4) is 0 Å². The summed E-state index contributed by atoms with van der Waals surface area (Å²) in [5.74, 6) is 0. The summed E-state index contributed by atoms with van der Waals surface area (Å²) in [5.41, 5.74) is 1.15. The van der Waals surface area contributed by atoms with E-state index in [4.69, 9.17) is 0 Å². The molecule has 0 aliphatic heterocycles. The normalized spacial score (nSPS) is 7.79. The van der Waals surface area contributed by atoms with Crippen LogP contribution in [0.25, 0.3) is 21.7 Å². The third-order valence-electron chi connectivity index (χ3n) is 2.94. The minimum atomic E-state index is 0. The predicted molar refractivity (Wildman–Crippen MR) is 111 cm³/mol. The summed E-state index contributed by atoms with van der Waals surface area (Å²) in [6, 6.07) is 24.7. The van der Waals surface area contributed by atoms with Gasteiger partial charge in [0.05, 0.1) is 0 Å². The Bertz CT molecular complexity index is 651. The molecule has 3 aromatic carbocycles. The summed E-state index contributed by atoms with van der Waals surface area (Å²) in [6.07, 6.45) is 2.91. The first-order chi connectivity index (χ1) is 9.93. The van der Waals surface area contributed by atoms with Gasteiger partial charge in [-0.1, -0.05) is 18.2 Å². The maximum absolute atomic E-state index is 3.25. The van der Waals surface area contributed by atoms with Crippen molar-refractivity contribution in [2.75, 3.05) is 0 Å². The van der Waals surface area contributed by atoms with Crippen LogP contribution in [-0.2, 0) is 20.0 Å². The van der Waals surface area contributed by atoms with E-state index in [0.29, 0.717) is 0 Å². The monoisotopic (exact) mass is 395 g/mol. The molecule has 0 spiro atoms. The molecule has 4 heteroatoms. The van der Waals surface area contributed by atoms with Crippen LogP contribution in [0.4, 0.5) is 0 Å². The first kappa shape index (κ1) is 27.6. The molecule has 0 aliphatic carbocycles. The van der Waals surface area contributed by atoms with Gasteiger partial charge in [-0.15, -0.1) is 78.3 Å². The van der Waals surface area contributed by atoms with Gasteiger partial charge in [0.25, 0.3) is 0 Å². The Labute approximate surface area is 169 Å². The molecule has 0 amide bonds. The fourth-order valence-electron chi connectivity index (χ4n) is 2.00. The molecule has 24 heavy (non-hydrogen) atoms. The van der Waals surface area contributed by atoms with Gasteiger partial charge in [0.1, 0.15) is 0 Å². The fraction of sp³-hybridized carbons (Fsp3) is 0. The molecule has 0 aliphatic rings. The van der Waals surface area contributed by atoms with Crippen LogP contribution in [0.1, 0.15) is 0 Å². The molecule has 0 atom stereocenters. The Kier molecular flexibility index (Phi) is 17.6. The van der Waals surface area contributed by atoms with Gasteiger partial charge in [-0.05, 0) is 0 Å².